The van der Waals surface area contributed by atoms with Crippen LogP contribution < -0.4 is 4.74 Å². The van der Waals surface area contributed by atoms with Gasteiger partial charge in [0.15, 0.2) is 0 Å². The predicted molar refractivity (Wildman–Crippen MR) is 49.5 cm³/mol. The highest BCUT2D eigenvalue weighted by Gasteiger charge is 2.14. The predicted octanol–water partition coefficient (Wildman–Crippen LogP) is 2.19. The summed E-state index contributed by atoms with van der Waals surface area (Å²) in [5.41, 5.74) is 0. The maximum absolute atomic E-state index is 5.68. The van der Waals surface area contributed by atoms with E-state index in [0.717, 1.165) is 12.8 Å². The van der Waals surface area contributed by atoms with Gasteiger partial charge in [-0.05, 0) is 25.7 Å². The van der Waals surface area contributed by atoms with Crippen LogP contribution in [0.25, 0.3) is 0 Å². The molecule has 70 valence electrons. The second-order valence-corrected chi connectivity index (χ2v) is 3.42. The van der Waals surface area contributed by atoms with Crippen LogP contribution >= 0.6 is 0 Å². The van der Waals surface area contributed by atoms with E-state index in [-0.39, 0.29) is 0 Å². The molecule has 2 rings (SSSR count). The first-order chi connectivity index (χ1) is 6.45. The molecule has 0 radical (unpaired) electrons. The lowest BCUT2D eigenvalue weighted by atomic mass is 9.98. The smallest absolute Gasteiger partial charge is 0.232 e. The van der Waals surface area contributed by atoms with Crippen molar-refractivity contribution in [3.8, 4) is 5.88 Å². The second kappa shape index (κ2) is 4.21. The Labute approximate surface area is 78.2 Å². The van der Waals surface area contributed by atoms with Gasteiger partial charge in [-0.2, -0.15) is 0 Å². The number of hydrogen-bond acceptors (Lipinski definition) is 3. The molecule has 1 heterocycles. The molecule has 0 atom stereocenters. The maximum Gasteiger partial charge on any atom is 0.232 e. The van der Waals surface area contributed by atoms with Gasteiger partial charge >= 0.3 is 0 Å². The average Bonchev–Trinajstić information content (AvgIpc) is 2.21. The number of hydrogen-bond donors (Lipinski definition) is 0. The Hall–Kier alpha value is -1.12. The SMILES string of the molecule is c1cnc(OC2CCCCC2)cn1. The summed E-state index contributed by atoms with van der Waals surface area (Å²) in [7, 11) is 0. The van der Waals surface area contributed by atoms with E-state index in [9.17, 15) is 0 Å². The van der Waals surface area contributed by atoms with Gasteiger partial charge in [0.2, 0.25) is 5.88 Å². The van der Waals surface area contributed by atoms with Gasteiger partial charge < -0.3 is 4.74 Å². The Morgan fingerprint density at radius 1 is 1.15 bits per heavy atom. The van der Waals surface area contributed by atoms with Crippen LogP contribution in [-0.4, -0.2) is 16.1 Å². The van der Waals surface area contributed by atoms with E-state index >= 15 is 0 Å². The molecule has 0 aromatic carbocycles. The molecular formula is C10H14N2O. The van der Waals surface area contributed by atoms with Crippen molar-refractivity contribution in [3.63, 3.8) is 0 Å². The normalized spacial score (nSPS) is 18.5. The van der Waals surface area contributed by atoms with E-state index in [0.29, 0.717) is 12.0 Å². The number of rotatable bonds is 2. The molecular weight excluding hydrogens is 164 g/mol. The molecule has 0 aliphatic heterocycles. The molecule has 1 aliphatic carbocycles. The molecule has 1 saturated carbocycles. The highest BCUT2D eigenvalue weighted by atomic mass is 16.5. The van der Waals surface area contributed by atoms with Crippen molar-refractivity contribution in [3.05, 3.63) is 18.6 Å². The molecule has 1 fully saturated rings. The lowest BCUT2D eigenvalue weighted by molar-refractivity contribution is 0.148. The molecule has 0 spiro atoms. The Morgan fingerprint density at radius 2 is 2.00 bits per heavy atom. The van der Waals surface area contributed by atoms with Crippen LogP contribution in [0.2, 0.25) is 0 Å². The second-order valence-electron chi connectivity index (χ2n) is 3.42. The Bertz CT molecular complexity index is 244. The Kier molecular flexibility index (Phi) is 2.75. The minimum Gasteiger partial charge on any atom is -0.473 e. The summed E-state index contributed by atoms with van der Waals surface area (Å²) in [6, 6.07) is 0. The molecule has 3 nitrogen and oxygen atoms in total. The third kappa shape index (κ3) is 2.41. The molecule has 13 heavy (non-hydrogen) atoms. The zero-order valence-electron chi connectivity index (χ0n) is 7.65. The van der Waals surface area contributed by atoms with E-state index in [4.69, 9.17) is 4.74 Å². The van der Waals surface area contributed by atoms with Crippen molar-refractivity contribution >= 4 is 0 Å². The van der Waals surface area contributed by atoms with Crippen molar-refractivity contribution in [2.24, 2.45) is 0 Å². The summed E-state index contributed by atoms with van der Waals surface area (Å²) in [5, 5.41) is 0. The van der Waals surface area contributed by atoms with Crippen LogP contribution in [0.1, 0.15) is 32.1 Å². The van der Waals surface area contributed by atoms with E-state index in [2.05, 4.69) is 9.97 Å². The van der Waals surface area contributed by atoms with Crippen LogP contribution in [0.5, 0.6) is 5.88 Å². The Balaban J connectivity index is 1.90. The topological polar surface area (TPSA) is 35.0 Å². The van der Waals surface area contributed by atoms with Gasteiger partial charge in [-0.25, -0.2) is 4.98 Å². The Morgan fingerprint density at radius 3 is 2.69 bits per heavy atom. The minimum absolute atomic E-state index is 0.366. The van der Waals surface area contributed by atoms with Crippen molar-refractivity contribution in [1.29, 1.82) is 0 Å². The van der Waals surface area contributed by atoms with Gasteiger partial charge in [0.25, 0.3) is 0 Å². The first kappa shape index (κ1) is 8.48. The molecule has 0 saturated heterocycles. The number of ether oxygens (including phenoxy) is 1. The first-order valence-electron chi connectivity index (χ1n) is 4.88. The molecule has 1 aromatic rings. The van der Waals surface area contributed by atoms with Gasteiger partial charge in [-0.3, -0.25) is 4.98 Å². The van der Waals surface area contributed by atoms with Crippen LogP contribution in [0.3, 0.4) is 0 Å². The lowest BCUT2D eigenvalue weighted by Gasteiger charge is -2.21. The van der Waals surface area contributed by atoms with Gasteiger partial charge in [0.05, 0.1) is 6.20 Å². The highest BCUT2D eigenvalue weighted by Crippen LogP contribution is 2.21. The van der Waals surface area contributed by atoms with Crippen LogP contribution in [0, 0.1) is 0 Å². The molecule has 0 unspecified atom stereocenters. The average molecular weight is 178 g/mol. The fraction of sp³-hybridized carbons (Fsp3) is 0.600. The fourth-order valence-electron chi connectivity index (χ4n) is 1.70. The number of nitrogens with zero attached hydrogens (tertiary/aromatic N) is 2. The third-order valence-corrected chi connectivity index (χ3v) is 2.38. The van der Waals surface area contributed by atoms with Crippen molar-refractivity contribution in [2.45, 2.75) is 38.2 Å². The van der Waals surface area contributed by atoms with Crippen molar-refractivity contribution < 1.29 is 4.74 Å². The van der Waals surface area contributed by atoms with E-state index in [1.165, 1.54) is 19.3 Å². The van der Waals surface area contributed by atoms with E-state index < -0.39 is 0 Å². The molecule has 0 amide bonds. The van der Waals surface area contributed by atoms with Gasteiger partial charge in [-0.15, -0.1) is 0 Å². The summed E-state index contributed by atoms with van der Waals surface area (Å²) in [6.45, 7) is 0. The molecule has 3 heteroatoms. The summed E-state index contributed by atoms with van der Waals surface area (Å²) in [5.74, 6) is 0.661. The first-order valence-corrected chi connectivity index (χ1v) is 4.88. The fourth-order valence-corrected chi connectivity index (χ4v) is 1.70. The van der Waals surface area contributed by atoms with Crippen molar-refractivity contribution in [2.75, 3.05) is 0 Å². The van der Waals surface area contributed by atoms with E-state index in [1.54, 1.807) is 18.6 Å². The quantitative estimate of drug-likeness (QED) is 0.696. The van der Waals surface area contributed by atoms with Gasteiger partial charge in [0, 0.05) is 12.4 Å². The summed E-state index contributed by atoms with van der Waals surface area (Å²) in [6.07, 6.45) is 11.6. The summed E-state index contributed by atoms with van der Waals surface area (Å²) in [4.78, 5) is 8.05. The maximum atomic E-state index is 5.68. The molecule has 1 aromatic heterocycles. The zero-order chi connectivity index (χ0) is 8.93. The van der Waals surface area contributed by atoms with Crippen LogP contribution in [-0.2, 0) is 0 Å². The lowest BCUT2D eigenvalue weighted by Crippen LogP contribution is -2.20. The van der Waals surface area contributed by atoms with Crippen LogP contribution in [0.15, 0.2) is 18.6 Å². The summed E-state index contributed by atoms with van der Waals surface area (Å²) >= 11 is 0. The van der Waals surface area contributed by atoms with E-state index in [1.807, 2.05) is 0 Å². The summed E-state index contributed by atoms with van der Waals surface area (Å²) < 4.78 is 5.68. The minimum atomic E-state index is 0.366. The van der Waals surface area contributed by atoms with Gasteiger partial charge in [0.1, 0.15) is 6.10 Å². The van der Waals surface area contributed by atoms with Gasteiger partial charge in [-0.1, -0.05) is 6.42 Å². The zero-order valence-corrected chi connectivity index (χ0v) is 7.65. The standard InChI is InChI=1S/C10H14N2O/c1-2-4-9(5-3-1)13-10-8-11-6-7-12-10/h6-9H,1-5H2. The van der Waals surface area contributed by atoms with Crippen molar-refractivity contribution in [1.82, 2.24) is 9.97 Å². The molecule has 1 aliphatic rings. The monoisotopic (exact) mass is 178 g/mol. The van der Waals surface area contributed by atoms with Crippen LogP contribution in [0.4, 0.5) is 0 Å². The number of aromatic nitrogens is 2. The highest BCUT2D eigenvalue weighted by molar-refractivity contribution is 5.02. The molecule has 0 N–H and O–H groups in total. The molecule has 0 bridgehead atoms. The largest absolute Gasteiger partial charge is 0.473 e. The third-order valence-electron chi connectivity index (χ3n) is 2.38.